The first-order valence-corrected chi connectivity index (χ1v) is 9.41. The molecule has 0 spiro atoms. The molecule has 142 valence electrons. The Labute approximate surface area is 162 Å². The van der Waals surface area contributed by atoms with Crippen LogP contribution in [0.1, 0.15) is 30.1 Å². The molecule has 0 aliphatic heterocycles. The quantitative estimate of drug-likeness (QED) is 0.327. The minimum atomic E-state index is -0.829. The number of carbonyl (C=O) groups excluding carboxylic acids is 1. The number of alkyl halides is 1. The van der Waals surface area contributed by atoms with Crippen LogP contribution < -0.4 is 4.74 Å². The summed E-state index contributed by atoms with van der Waals surface area (Å²) in [5, 5.41) is 1.74. The predicted octanol–water partition coefficient (Wildman–Crippen LogP) is 5.55. The number of esters is 1. The van der Waals surface area contributed by atoms with Gasteiger partial charge in [0.1, 0.15) is 5.52 Å². The highest BCUT2D eigenvalue weighted by atomic mass is 19.1. The van der Waals surface area contributed by atoms with Crippen LogP contribution in [0.3, 0.4) is 0 Å². The number of pyridine rings is 1. The summed E-state index contributed by atoms with van der Waals surface area (Å²) >= 11 is 0. The third-order valence-corrected chi connectivity index (χ3v) is 4.81. The van der Waals surface area contributed by atoms with Crippen molar-refractivity contribution in [2.45, 2.75) is 32.5 Å². The number of carbonyl (C=O) groups is 1. The van der Waals surface area contributed by atoms with Crippen molar-refractivity contribution in [3.05, 3.63) is 72.6 Å². The first-order valence-electron chi connectivity index (χ1n) is 9.41. The minimum Gasteiger partial charge on any atom is -0.421 e. The molecule has 2 aromatic heterocycles. The van der Waals surface area contributed by atoms with Gasteiger partial charge >= 0.3 is 5.97 Å². The fourth-order valence-electron chi connectivity index (χ4n) is 3.45. The van der Waals surface area contributed by atoms with Gasteiger partial charge in [-0.15, -0.1) is 0 Å². The lowest BCUT2D eigenvalue weighted by Crippen LogP contribution is -2.08. The zero-order valence-electron chi connectivity index (χ0n) is 15.6. The largest absolute Gasteiger partial charge is 0.421 e. The van der Waals surface area contributed by atoms with Crippen LogP contribution in [0.15, 0.2) is 67.0 Å². The number of para-hydroxylation sites is 2. The zero-order chi connectivity index (χ0) is 19.5. The highest BCUT2D eigenvalue weighted by Crippen LogP contribution is 2.27. The molecule has 0 amide bonds. The van der Waals surface area contributed by atoms with Gasteiger partial charge in [0.05, 0.1) is 11.7 Å². The molecule has 0 radical (unpaired) electrons. The van der Waals surface area contributed by atoms with Gasteiger partial charge in [0.15, 0.2) is 5.75 Å². The molecule has 0 bridgehead atoms. The van der Waals surface area contributed by atoms with Gasteiger partial charge in [-0.05, 0) is 38.0 Å². The monoisotopic (exact) mass is 376 g/mol. The van der Waals surface area contributed by atoms with Gasteiger partial charge in [0.2, 0.25) is 0 Å². The molecular weight excluding hydrogens is 355 g/mol. The van der Waals surface area contributed by atoms with Crippen molar-refractivity contribution in [2.75, 3.05) is 0 Å². The summed E-state index contributed by atoms with van der Waals surface area (Å²) in [6, 6.07) is 17.0. The molecular formula is C23H21FN2O2. The van der Waals surface area contributed by atoms with Gasteiger partial charge in [0.25, 0.3) is 0 Å². The molecule has 2 heterocycles. The molecule has 28 heavy (non-hydrogen) atoms. The summed E-state index contributed by atoms with van der Waals surface area (Å²) in [4.78, 5) is 17.3. The lowest BCUT2D eigenvalue weighted by Gasteiger charge is -2.06. The molecule has 0 aliphatic carbocycles. The van der Waals surface area contributed by atoms with Gasteiger partial charge in [-0.2, -0.15) is 0 Å². The fraction of sp³-hybridized carbons (Fsp3) is 0.217. The first kappa shape index (κ1) is 18.2. The Morgan fingerprint density at radius 2 is 1.96 bits per heavy atom. The van der Waals surface area contributed by atoms with E-state index in [-0.39, 0.29) is 0 Å². The van der Waals surface area contributed by atoms with Crippen LogP contribution in [0.4, 0.5) is 4.39 Å². The van der Waals surface area contributed by atoms with Crippen LogP contribution in [0.5, 0.6) is 5.75 Å². The van der Waals surface area contributed by atoms with Crippen molar-refractivity contribution >= 4 is 27.8 Å². The number of hydrogen-bond acceptors (Lipinski definition) is 3. The number of nitrogens with zero attached hydrogens (tertiary/aromatic N) is 2. The predicted molar refractivity (Wildman–Crippen MR) is 108 cm³/mol. The molecule has 0 saturated carbocycles. The summed E-state index contributed by atoms with van der Waals surface area (Å²) in [5.74, 6) is 0.0122. The van der Waals surface area contributed by atoms with Crippen LogP contribution in [0, 0.1) is 0 Å². The van der Waals surface area contributed by atoms with Gasteiger partial charge in [-0.25, -0.2) is 9.18 Å². The molecule has 5 heteroatoms. The number of aryl methyl sites for hydroxylation is 1. The van der Waals surface area contributed by atoms with E-state index in [1.54, 1.807) is 25.4 Å². The lowest BCUT2D eigenvalue weighted by atomic mass is 10.2. The summed E-state index contributed by atoms with van der Waals surface area (Å²) in [6.07, 6.45) is 3.85. The van der Waals surface area contributed by atoms with Crippen LogP contribution in [0.2, 0.25) is 0 Å². The van der Waals surface area contributed by atoms with Crippen LogP contribution in [-0.4, -0.2) is 21.7 Å². The first-order chi connectivity index (χ1) is 13.6. The second kappa shape index (κ2) is 7.80. The summed E-state index contributed by atoms with van der Waals surface area (Å²) < 4.78 is 20.8. The van der Waals surface area contributed by atoms with Crippen LogP contribution >= 0.6 is 0 Å². The van der Waals surface area contributed by atoms with Crippen molar-refractivity contribution < 1.29 is 13.9 Å². The number of hydrogen-bond donors (Lipinski definition) is 0. The van der Waals surface area contributed by atoms with Crippen LogP contribution in [0.25, 0.3) is 21.8 Å². The van der Waals surface area contributed by atoms with Crippen molar-refractivity contribution in [3.8, 4) is 5.75 Å². The Bertz CT molecular complexity index is 1130. The molecule has 0 aliphatic rings. The average Bonchev–Trinajstić information content (AvgIpc) is 3.07. The van der Waals surface area contributed by atoms with Gasteiger partial charge < -0.3 is 9.30 Å². The van der Waals surface area contributed by atoms with E-state index >= 15 is 0 Å². The number of aromatic nitrogens is 2. The Morgan fingerprint density at radius 3 is 2.82 bits per heavy atom. The number of fused-ring (bicyclic) bond motifs is 2. The highest BCUT2D eigenvalue weighted by Gasteiger charge is 2.18. The smallest absolute Gasteiger partial charge is 0.345 e. The highest BCUT2D eigenvalue weighted by molar-refractivity contribution is 6.05. The topological polar surface area (TPSA) is 44.1 Å². The molecule has 0 unspecified atom stereocenters. The second-order valence-corrected chi connectivity index (χ2v) is 6.90. The summed E-state index contributed by atoms with van der Waals surface area (Å²) in [7, 11) is 0. The van der Waals surface area contributed by atoms with Gasteiger partial charge in [0, 0.05) is 35.2 Å². The zero-order valence-corrected chi connectivity index (χ0v) is 15.6. The minimum absolute atomic E-state index is 0.424. The molecule has 0 saturated heterocycles. The van der Waals surface area contributed by atoms with Gasteiger partial charge in [-0.3, -0.25) is 4.98 Å². The Balaban J connectivity index is 1.65. The third-order valence-electron chi connectivity index (χ3n) is 4.81. The maximum absolute atomic E-state index is 13.1. The van der Waals surface area contributed by atoms with E-state index in [0.717, 1.165) is 16.3 Å². The van der Waals surface area contributed by atoms with Crippen molar-refractivity contribution in [2.24, 2.45) is 0 Å². The Hall–Kier alpha value is -3.21. The Kier molecular flexibility index (Phi) is 5.06. The third kappa shape index (κ3) is 3.60. The molecule has 4 nitrogen and oxygen atoms in total. The van der Waals surface area contributed by atoms with Gasteiger partial charge in [-0.1, -0.05) is 36.4 Å². The fourth-order valence-corrected chi connectivity index (χ4v) is 3.45. The molecule has 4 rings (SSSR count). The number of halogens is 1. The maximum atomic E-state index is 13.1. The summed E-state index contributed by atoms with van der Waals surface area (Å²) in [6.45, 7) is 2.21. The standard InChI is InChI=1S/C23H21FN2O2/c1-16(24)7-6-14-26-15-19(18-10-2-3-11-20(18)26)23(27)28-21-12-4-8-17-9-5-13-25-22(17)21/h2-5,8-13,15-16H,6-7,14H2,1H3/t16-/m1/s1. The molecule has 4 aromatic rings. The van der Waals surface area contributed by atoms with Crippen molar-refractivity contribution in [1.82, 2.24) is 9.55 Å². The van der Waals surface area contributed by atoms with E-state index in [1.807, 2.05) is 53.1 Å². The molecule has 1 atom stereocenters. The number of rotatable bonds is 6. The van der Waals surface area contributed by atoms with Crippen molar-refractivity contribution in [1.29, 1.82) is 0 Å². The average molecular weight is 376 g/mol. The van der Waals surface area contributed by atoms with E-state index in [2.05, 4.69) is 4.98 Å². The van der Waals surface area contributed by atoms with Crippen LogP contribution in [-0.2, 0) is 6.54 Å². The van der Waals surface area contributed by atoms with E-state index in [1.165, 1.54) is 0 Å². The van der Waals surface area contributed by atoms with E-state index < -0.39 is 12.1 Å². The Morgan fingerprint density at radius 1 is 1.14 bits per heavy atom. The normalized spacial score (nSPS) is 12.4. The summed E-state index contributed by atoms with van der Waals surface area (Å²) in [5.41, 5.74) is 2.09. The van der Waals surface area contributed by atoms with E-state index in [9.17, 15) is 9.18 Å². The SMILES string of the molecule is C[C@@H](F)CCCn1cc(C(=O)Oc2cccc3cccnc23)c2ccccc21. The van der Waals surface area contributed by atoms with Crippen molar-refractivity contribution in [3.63, 3.8) is 0 Å². The number of benzene rings is 2. The molecule has 0 N–H and O–H groups in total. The lowest BCUT2D eigenvalue weighted by molar-refractivity contribution is 0.0738. The van der Waals surface area contributed by atoms with E-state index in [0.29, 0.717) is 36.2 Å². The number of ether oxygens (including phenoxy) is 1. The van der Waals surface area contributed by atoms with E-state index in [4.69, 9.17) is 4.74 Å². The molecule has 0 fully saturated rings. The maximum Gasteiger partial charge on any atom is 0.345 e. The second-order valence-electron chi connectivity index (χ2n) is 6.90. The molecule has 2 aromatic carbocycles.